The number of hydrogen-bond donors (Lipinski definition) is 1. The van der Waals surface area contributed by atoms with E-state index in [0.717, 1.165) is 26.1 Å². The van der Waals surface area contributed by atoms with Crippen molar-refractivity contribution in [1.29, 1.82) is 0 Å². The fraction of sp³-hybridized carbons (Fsp3) is 0.538. The van der Waals surface area contributed by atoms with Crippen LogP contribution in [0.4, 0.5) is 0 Å². The molecule has 0 aliphatic carbocycles. The van der Waals surface area contributed by atoms with Gasteiger partial charge in [0.1, 0.15) is 10.3 Å². The molecule has 1 amide bonds. The third kappa shape index (κ3) is 3.81. The number of nitrogens with one attached hydrogen (secondary N) is 1. The number of hydrogen-bond acceptors (Lipinski definition) is 3. The number of ether oxygens (including phenoxy) is 1. The Balaban J connectivity index is 1.97. The van der Waals surface area contributed by atoms with E-state index < -0.39 is 0 Å². The highest BCUT2D eigenvalue weighted by molar-refractivity contribution is 6.34. The summed E-state index contributed by atoms with van der Waals surface area (Å²) in [6, 6.07) is 3.14. The lowest BCUT2D eigenvalue weighted by Crippen LogP contribution is -2.39. The predicted octanol–water partition coefficient (Wildman–Crippen LogP) is 2.93. The van der Waals surface area contributed by atoms with Gasteiger partial charge < -0.3 is 10.1 Å². The number of carbonyl (C=O) groups is 1. The van der Waals surface area contributed by atoms with Crippen LogP contribution in [0.3, 0.4) is 0 Å². The zero-order valence-corrected chi connectivity index (χ0v) is 12.2. The van der Waals surface area contributed by atoms with Crippen LogP contribution in [0.2, 0.25) is 10.3 Å². The first kappa shape index (κ1) is 14.6. The molecule has 1 aromatic heterocycles. The van der Waals surface area contributed by atoms with E-state index in [2.05, 4.69) is 17.2 Å². The van der Waals surface area contributed by atoms with Crippen LogP contribution >= 0.6 is 23.2 Å². The van der Waals surface area contributed by atoms with Crippen molar-refractivity contribution in [3.8, 4) is 0 Å². The molecule has 1 aromatic rings. The summed E-state index contributed by atoms with van der Waals surface area (Å²) in [6.45, 7) is 4.25. The Morgan fingerprint density at radius 2 is 2.11 bits per heavy atom. The number of rotatable bonds is 3. The molecule has 104 valence electrons. The molecule has 2 rings (SSSR count). The fourth-order valence-corrected chi connectivity index (χ4v) is 2.44. The molecular weight excluding hydrogens is 287 g/mol. The van der Waals surface area contributed by atoms with Gasteiger partial charge in [0.15, 0.2) is 0 Å². The van der Waals surface area contributed by atoms with E-state index in [9.17, 15) is 4.79 Å². The molecule has 1 N–H and O–H groups in total. The molecule has 0 atom stereocenters. The van der Waals surface area contributed by atoms with Crippen LogP contribution in [0.1, 0.15) is 30.1 Å². The average molecular weight is 303 g/mol. The van der Waals surface area contributed by atoms with E-state index in [4.69, 9.17) is 27.9 Å². The van der Waals surface area contributed by atoms with Crippen LogP contribution in [0.15, 0.2) is 12.1 Å². The van der Waals surface area contributed by atoms with Crippen LogP contribution in [0, 0.1) is 5.41 Å². The number of halogens is 2. The van der Waals surface area contributed by atoms with E-state index in [0.29, 0.717) is 12.1 Å². The summed E-state index contributed by atoms with van der Waals surface area (Å²) in [7, 11) is 0. The molecule has 1 aliphatic heterocycles. The summed E-state index contributed by atoms with van der Waals surface area (Å²) in [6.07, 6.45) is 1.89. The Hall–Kier alpha value is -0.840. The Morgan fingerprint density at radius 3 is 2.74 bits per heavy atom. The molecule has 0 spiro atoms. The van der Waals surface area contributed by atoms with Gasteiger partial charge in [-0.1, -0.05) is 30.1 Å². The molecule has 4 nitrogen and oxygen atoms in total. The van der Waals surface area contributed by atoms with Gasteiger partial charge in [-0.3, -0.25) is 4.79 Å². The Kier molecular flexibility index (Phi) is 4.66. The standard InChI is InChI=1S/C13H16Cl2N2O2/c1-13(4-6-19-7-5-13)8-16-12(18)9-2-3-10(14)17-11(9)15/h2-3H,4-8H2,1H3,(H,16,18). The second-order valence-corrected chi connectivity index (χ2v) is 5.82. The first-order chi connectivity index (χ1) is 9.00. The zero-order chi connectivity index (χ0) is 13.9. The lowest BCUT2D eigenvalue weighted by atomic mass is 9.82. The fourth-order valence-electron chi connectivity index (χ4n) is 2.01. The minimum atomic E-state index is -0.220. The molecule has 1 fully saturated rings. The smallest absolute Gasteiger partial charge is 0.254 e. The molecule has 1 saturated heterocycles. The predicted molar refractivity (Wildman–Crippen MR) is 74.8 cm³/mol. The molecule has 6 heteroatoms. The second-order valence-electron chi connectivity index (χ2n) is 5.08. The van der Waals surface area contributed by atoms with Crippen molar-refractivity contribution in [2.24, 2.45) is 5.41 Å². The first-order valence-electron chi connectivity index (χ1n) is 6.18. The van der Waals surface area contributed by atoms with E-state index in [-0.39, 0.29) is 21.6 Å². The third-order valence-corrected chi connectivity index (χ3v) is 3.93. The number of nitrogens with zero attached hydrogens (tertiary/aromatic N) is 1. The van der Waals surface area contributed by atoms with Gasteiger partial charge in [-0.25, -0.2) is 4.98 Å². The van der Waals surface area contributed by atoms with Crippen molar-refractivity contribution in [3.05, 3.63) is 28.0 Å². The number of pyridine rings is 1. The van der Waals surface area contributed by atoms with Gasteiger partial charge >= 0.3 is 0 Å². The van der Waals surface area contributed by atoms with Gasteiger partial charge in [-0.05, 0) is 30.4 Å². The number of carbonyl (C=O) groups excluding carboxylic acids is 1. The van der Waals surface area contributed by atoms with Crippen molar-refractivity contribution in [1.82, 2.24) is 10.3 Å². The maximum absolute atomic E-state index is 12.1. The molecule has 19 heavy (non-hydrogen) atoms. The highest BCUT2D eigenvalue weighted by Crippen LogP contribution is 2.28. The van der Waals surface area contributed by atoms with Crippen LogP contribution in [0.25, 0.3) is 0 Å². The summed E-state index contributed by atoms with van der Waals surface area (Å²) in [5.74, 6) is -0.220. The minimum absolute atomic E-state index is 0.0836. The van der Waals surface area contributed by atoms with Gasteiger partial charge in [0.2, 0.25) is 0 Å². The molecule has 0 aromatic carbocycles. The van der Waals surface area contributed by atoms with Crippen molar-refractivity contribution >= 4 is 29.1 Å². The summed E-state index contributed by atoms with van der Waals surface area (Å²) >= 11 is 11.6. The van der Waals surface area contributed by atoms with Crippen molar-refractivity contribution in [2.75, 3.05) is 19.8 Å². The molecule has 2 heterocycles. The zero-order valence-electron chi connectivity index (χ0n) is 10.7. The van der Waals surface area contributed by atoms with Gasteiger partial charge in [0.25, 0.3) is 5.91 Å². The van der Waals surface area contributed by atoms with E-state index >= 15 is 0 Å². The van der Waals surface area contributed by atoms with Gasteiger partial charge in [-0.2, -0.15) is 0 Å². The summed E-state index contributed by atoms with van der Waals surface area (Å²) < 4.78 is 5.33. The topological polar surface area (TPSA) is 51.2 Å². The van der Waals surface area contributed by atoms with Crippen molar-refractivity contribution in [2.45, 2.75) is 19.8 Å². The summed E-state index contributed by atoms with van der Waals surface area (Å²) in [5, 5.41) is 3.31. The highest BCUT2D eigenvalue weighted by atomic mass is 35.5. The van der Waals surface area contributed by atoms with Crippen LogP contribution in [-0.4, -0.2) is 30.6 Å². The Bertz CT molecular complexity index is 474. The Labute approximate surface area is 122 Å². The quantitative estimate of drug-likeness (QED) is 0.874. The van der Waals surface area contributed by atoms with Crippen molar-refractivity contribution in [3.63, 3.8) is 0 Å². The third-order valence-electron chi connectivity index (χ3n) is 3.44. The van der Waals surface area contributed by atoms with Gasteiger partial charge in [0, 0.05) is 19.8 Å². The molecule has 0 unspecified atom stereocenters. The van der Waals surface area contributed by atoms with Crippen LogP contribution in [-0.2, 0) is 4.74 Å². The van der Waals surface area contributed by atoms with E-state index in [1.165, 1.54) is 0 Å². The summed E-state index contributed by atoms with van der Waals surface area (Å²) in [5.41, 5.74) is 0.432. The average Bonchev–Trinajstić information content (AvgIpc) is 2.37. The van der Waals surface area contributed by atoms with E-state index in [1.54, 1.807) is 12.1 Å². The molecule has 0 radical (unpaired) electrons. The monoisotopic (exact) mass is 302 g/mol. The number of aromatic nitrogens is 1. The maximum Gasteiger partial charge on any atom is 0.254 e. The molecular formula is C13H16Cl2N2O2. The molecule has 1 aliphatic rings. The lowest BCUT2D eigenvalue weighted by molar-refractivity contribution is 0.0238. The lowest BCUT2D eigenvalue weighted by Gasteiger charge is -2.33. The Morgan fingerprint density at radius 1 is 1.42 bits per heavy atom. The maximum atomic E-state index is 12.1. The number of amides is 1. The van der Waals surface area contributed by atoms with E-state index in [1.807, 2.05) is 0 Å². The van der Waals surface area contributed by atoms with Gasteiger partial charge in [0.05, 0.1) is 5.56 Å². The first-order valence-corrected chi connectivity index (χ1v) is 6.94. The minimum Gasteiger partial charge on any atom is -0.381 e. The molecule has 0 bridgehead atoms. The van der Waals surface area contributed by atoms with Crippen LogP contribution in [0.5, 0.6) is 0 Å². The normalized spacial score (nSPS) is 18.1. The summed E-state index contributed by atoms with van der Waals surface area (Å²) in [4.78, 5) is 15.9. The molecule has 0 saturated carbocycles. The van der Waals surface area contributed by atoms with Crippen molar-refractivity contribution < 1.29 is 9.53 Å². The largest absolute Gasteiger partial charge is 0.381 e. The van der Waals surface area contributed by atoms with Crippen LogP contribution < -0.4 is 5.32 Å². The second kappa shape index (κ2) is 6.07. The highest BCUT2D eigenvalue weighted by Gasteiger charge is 2.28. The van der Waals surface area contributed by atoms with Gasteiger partial charge in [-0.15, -0.1) is 0 Å². The SMILES string of the molecule is CC1(CNC(=O)c2ccc(Cl)nc2Cl)CCOCC1.